The van der Waals surface area contributed by atoms with Crippen molar-refractivity contribution in [3.63, 3.8) is 0 Å². The van der Waals surface area contributed by atoms with Crippen molar-refractivity contribution in [3.8, 4) is 16.5 Å². The number of benzene rings is 4. The van der Waals surface area contributed by atoms with Crippen LogP contribution in [0.4, 0.5) is 17.1 Å². The van der Waals surface area contributed by atoms with Gasteiger partial charge in [0.15, 0.2) is 5.78 Å². The zero-order valence-corrected chi connectivity index (χ0v) is 26.7. The zero-order chi connectivity index (χ0) is 31.6. The number of rotatable bonds is 4. The van der Waals surface area contributed by atoms with Crippen LogP contribution in [0.25, 0.3) is 36.3 Å². The summed E-state index contributed by atoms with van der Waals surface area (Å²) < 4.78 is 2.40. The van der Waals surface area contributed by atoms with Crippen molar-refractivity contribution in [2.24, 2.45) is 0 Å². The van der Waals surface area contributed by atoms with E-state index in [0.29, 0.717) is 22.3 Å². The molecule has 6 heteroatoms. The van der Waals surface area contributed by atoms with Crippen LogP contribution in [0, 0.1) is 17.9 Å². The predicted molar refractivity (Wildman–Crippen MR) is 190 cm³/mol. The maximum Gasteiger partial charge on any atom is 0.270 e. The first-order valence-electron chi connectivity index (χ1n) is 14.9. The van der Waals surface area contributed by atoms with E-state index in [2.05, 4.69) is 96.4 Å². The van der Waals surface area contributed by atoms with E-state index in [0.717, 1.165) is 21.9 Å². The van der Waals surface area contributed by atoms with E-state index in [1.807, 2.05) is 42.5 Å². The van der Waals surface area contributed by atoms with Gasteiger partial charge in [0.2, 0.25) is 0 Å². The maximum absolute atomic E-state index is 13.5. The second-order valence-corrected chi connectivity index (χ2v) is 14.0. The first-order chi connectivity index (χ1) is 22.4. The predicted octanol–water partition coefficient (Wildman–Crippen LogP) is 11.2. The number of hydrogen-bond acceptors (Lipinski definition) is 5. The summed E-state index contributed by atoms with van der Waals surface area (Å²) in [6.45, 7) is 12.2. The number of fused-ring (bicyclic) bond motifs is 6. The van der Waals surface area contributed by atoms with Crippen LogP contribution in [-0.2, 0) is 5.41 Å². The normalized spacial score (nSPS) is 16.1. The third kappa shape index (κ3) is 4.12. The molecule has 8 rings (SSSR count). The van der Waals surface area contributed by atoms with Gasteiger partial charge in [0.25, 0.3) is 5.70 Å². The van der Waals surface area contributed by atoms with Crippen molar-refractivity contribution in [3.05, 3.63) is 159 Å². The van der Waals surface area contributed by atoms with Gasteiger partial charge in [-0.05, 0) is 70.8 Å². The molecule has 0 fully saturated rings. The highest BCUT2D eigenvalue weighted by Crippen LogP contribution is 2.58. The third-order valence-corrected chi connectivity index (χ3v) is 11.3. The maximum atomic E-state index is 13.5. The SMILES string of the molecule is [C-]#[N+]/C(C#N)=C1\C(=C\c2cc3sc4c(c3s2)C(C)(C)c2cc(N(c3ccccc3)c3ccccc3)ccc2-4)C(=O)c2ccccc21. The van der Waals surface area contributed by atoms with Crippen molar-refractivity contribution in [2.45, 2.75) is 19.3 Å². The van der Waals surface area contributed by atoms with Crippen LogP contribution in [0.3, 0.4) is 0 Å². The van der Waals surface area contributed by atoms with Gasteiger partial charge in [0.05, 0.1) is 17.3 Å². The average Bonchev–Trinajstić information content (AvgIpc) is 3.77. The number of thiophene rings is 2. The van der Waals surface area contributed by atoms with Crippen molar-refractivity contribution < 1.29 is 4.79 Å². The first-order valence-corrected chi connectivity index (χ1v) is 16.5. The number of ketones is 1. The molecule has 6 aromatic rings. The Morgan fingerprint density at radius 1 is 0.826 bits per heavy atom. The largest absolute Gasteiger partial charge is 0.310 e. The Morgan fingerprint density at radius 2 is 1.48 bits per heavy atom. The molecule has 0 radical (unpaired) electrons. The standard InChI is InChI=1S/C40H25N3OS2/c1-40(2)32-20-26(43(24-12-6-4-7-13-24)25-14-8-5-9-15-25)18-19-30(32)38-36(40)39-34(46-38)22-27(45-39)21-31-35(33(23-41)42-3)28-16-10-11-17-29(28)37(31)44/h4-22H,1-2H3/b31-21-,35-33-. The van der Waals surface area contributed by atoms with Gasteiger partial charge in [-0.15, -0.1) is 22.7 Å². The average molecular weight is 628 g/mol. The lowest BCUT2D eigenvalue weighted by molar-refractivity contribution is 0.104. The molecule has 0 saturated carbocycles. The second kappa shape index (κ2) is 10.5. The molecule has 0 atom stereocenters. The number of anilines is 3. The fourth-order valence-electron chi connectivity index (χ4n) is 6.83. The summed E-state index contributed by atoms with van der Waals surface area (Å²) in [4.78, 5) is 21.5. The van der Waals surface area contributed by atoms with Gasteiger partial charge in [0, 0.05) is 53.6 Å². The Labute approximate surface area is 275 Å². The molecule has 0 amide bonds. The molecule has 0 unspecified atom stereocenters. The monoisotopic (exact) mass is 627 g/mol. The van der Waals surface area contributed by atoms with Crippen LogP contribution in [0.15, 0.2) is 120 Å². The van der Waals surface area contributed by atoms with Gasteiger partial charge in [0.1, 0.15) is 0 Å². The van der Waals surface area contributed by atoms with E-state index >= 15 is 0 Å². The summed E-state index contributed by atoms with van der Waals surface area (Å²) in [7, 11) is 0. The number of hydrogen-bond donors (Lipinski definition) is 0. The van der Waals surface area contributed by atoms with Crippen LogP contribution in [0.2, 0.25) is 0 Å². The first kappa shape index (κ1) is 28.0. The Hall–Kier alpha value is -5.53. The molecular formula is C40H25N3OS2. The van der Waals surface area contributed by atoms with Gasteiger partial charge in [-0.25, -0.2) is 10.1 Å². The molecular weight excluding hydrogens is 603 g/mol. The topological polar surface area (TPSA) is 48.5 Å². The molecule has 0 spiro atoms. The van der Waals surface area contributed by atoms with Crippen LogP contribution in [-0.4, -0.2) is 5.78 Å². The Kier molecular flexibility index (Phi) is 6.41. The van der Waals surface area contributed by atoms with E-state index in [1.165, 1.54) is 31.0 Å². The lowest BCUT2D eigenvalue weighted by Gasteiger charge is -2.28. The lowest BCUT2D eigenvalue weighted by atomic mass is 9.82. The zero-order valence-electron chi connectivity index (χ0n) is 25.0. The molecule has 2 aliphatic rings. The minimum Gasteiger partial charge on any atom is -0.310 e. The molecule has 0 N–H and O–H groups in total. The van der Waals surface area contributed by atoms with Crippen molar-refractivity contribution >= 4 is 66.6 Å². The summed E-state index contributed by atoms with van der Waals surface area (Å²) in [5.74, 6) is -0.148. The van der Waals surface area contributed by atoms with Gasteiger partial charge < -0.3 is 4.90 Å². The van der Waals surface area contributed by atoms with Gasteiger partial charge in [-0.3, -0.25) is 4.79 Å². The number of carbonyl (C=O) groups is 1. The van der Waals surface area contributed by atoms with Crippen LogP contribution < -0.4 is 4.90 Å². The molecule has 0 aliphatic heterocycles. The highest BCUT2D eigenvalue weighted by molar-refractivity contribution is 7.30. The molecule has 2 aliphatic carbocycles. The number of para-hydroxylation sites is 2. The highest BCUT2D eigenvalue weighted by Gasteiger charge is 2.40. The summed E-state index contributed by atoms with van der Waals surface area (Å²) in [5, 5.41) is 9.74. The van der Waals surface area contributed by atoms with Crippen molar-refractivity contribution in [1.82, 2.24) is 0 Å². The molecule has 2 aromatic heterocycles. The number of Topliss-reactive ketones (excluding diaryl/α,β-unsaturated/α-hetero) is 1. The van der Waals surface area contributed by atoms with Crippen molar-refractivity contribution in [1.29, 1.82) is 5.26 Å². The van der Waals surface area contributed by atoms with Gasteiger partial charge >= 0.3 is 0 Å². The number of nitriles is 1. The van der Waals surface area contributed by atoms with E-state index < -0.39 is 0 Å². The minimum atomic E-state index is -0.240. The molecule has 4 nitrogen and oxygen atoms in total. The summed E-state index contributed by atoms with van der Waals surface area (Å²) >= 11 is 3.46. The summed E-state index contributed by atoms with van der Waals surface area (Å²) in [6, 6.07) is 39.1. The van der Waals surface area contributed by atoms with Crippen LogP contribution in [0.1, 0.15) is 45.8 Å². The number of nitrogens with zero attached hydrogens (tertiary/aromatic N) is 3. The van der Waals surface area contributed by atoms with Gasteiger partial charge in [-0.2, -0.15) is 0 Å². The van der Waals surface area contributed by atoms with E-state index in [9.17, 15) is 10.1 Å². The van der Waals surface area contributed by atoms with E-state index in [1.54, 1.807) is 28.7 Å². The smallest absolute Gasteiger partial charge is 0.270 e. The number of carbonyl (C=O) groups excluding carboxylic acids is 1. The fourth-order valence-corrected chi connectivity index (χ4v) is 9.78. The Bertz CT molecular complexity index is 2320. The molecule has 46 heavy (non-hydrogen) atoms. The van der Waals surface area contributed by atoms with E-state index in [-0.39, 0.29) is 16.9 Å². The van der Waals surface area contributed by atoms with Crippen LogP contribution >= 0.6 is 22.7 Å². The highest BCUT2D eigenvalue weighted by atomic mass is 32.1. The molecule has 0 bridgehead atoms. The molecule has 218 valence electrons. The second-order valence-electron chi connectivity index (χ2n) is 11.9. The fraction of sp³-hybridized carbons (Fsp3) is 0.0750. The quantitative estimate of drug-likeness (QED) is 0.111. The minimum absolute atomic E-state index is 0.0590. The Balaban J connectivity index is 1.23. The summed E-state index contributed by atoms with van der Waals surface area (Å²) in [5.41, 5.74) is 8.92. The molecule has 2 heterocycles. The lowest BCUT2D eigenvalue weighted by Crippen LogP contribution is -2.16. The Morgan fingerprint density at radius 3 is 2.13 bits per heavy atom. The molecule has 0 saturated heterocycles. The third-order valence-electron chi connectivity index (χ3n) is 8.91. The summed E-state index contributed by atoms with van der Waals surface area (Å²) in [6.07, 6.45) is 1.87. The van der Waals surface area contributed by atoms with Gasteiger partial charge in [-0.1, -0.05) is 80.6 Å². The van der Waals surface area contributed by atoms with Crippen molar-refractivity contribution in [2.75, 3.05) is 4.90 Å². The van der Waals surface area contributed by atoms with Crippen LogP contribution in [0.5, 0.6) is 0 Å². The number of allylic oxidation sites excluding steroid dienone is 3. The molecule has 4 aromatic carbocycles. The van der Waals surface area contributed by atoms with E-state index in [4.69, 9.17) is 6.57 Å².